The number of rotatable bonds is 5. The molecule has 1 saturated heterocycles. The summed E-state index contributed by atoms with van der Waals surface area (Å²) in [4.78, 5) is 2.73. The number of allylic oxidation sites excluding steroid dienone is 1. The maximum atomic E-state index is 10.1. The van der Waals surface area contributed by atoms with Crippen LogP contribution in [0.15, 0.2) is 66.7 Å². The molecule has 2 nitrogen and oxygen atoms in total. The lowest BCUT2D eigenvalue weighted by Gasteiger charge is -2.56. The Hall–Kier alpha value is -2.06. The third-order valence-corrected chi connectivity index (χ3v) is 6.84. The van der Waals surface area contributed by atoms with Crippen LogP contribution in [0.4, 0.5) is 0 Å². The Morgan fingerprint density at radius 2 is 1.96 bits per heavy atom. The summed E-state index contributed by atoms with van der Waals surface area (Å²) in [6.45, 7) is 4.44. The largest absolute Gasteiger partial charge is 0.508 e. The zero-order chi connectivity index (χ0) is 18.7. The van der Waals surface area contributed by atoms with Gasteiger partial charge in [0.15, 0.2) is 0 Å². The number of likely N-dealkylation sites (tertiary alicyclic amines) is 1. The summed E-state index contributed by atoms with van der Waals surface area (Å²) in [6, 6.07) is 19.5. The van der Waals surface area contributed by atoms with Crippen molar-refractivity contribution in [3.63, 3.8) is 0 Å². The molecule has 2 fully saturated rings. The fraction of sp³-hybridized carbons (Fsp3) is 0.440. The maximum Gasteiger partial charge on any atom is 0.115 e. The predicted molar refractivity (Wildman–Crippen MR) is 112 cm³/mol. The Morgan fingerprint density at radius 3 is 2.74 bits per heavy atom. The number of nitrogens with zero attached hydrogens (tertiary/aromatic N) is 1. The number of hydrogen-bond acceptors (Lipinski definition) is 2. The fourth-order valence-electron chi connectivity index (χ4n) is 5.56. The number of benzene rings is 2. The van der Waals surface area contributed by atoms with E-state index in [-0.39, 0.29) is 5.41 Å². The molecule has 2 bridgehead atoms. The summed E-state index contributed by atoms with van der Waals surface area (Å²) in [6.07, 6.45) is 10.8. The van der Waals surface area contributed by atoms with Crippen LogP contribution in [-0.4, -0.2) is 29.1 Å². The van der Waals surface area contributed by atoms with Gasteiger partial charge >= 0.3 is 0 Å². The van der Waals surface area contributed by atoms with E-state index in [0.29, 0.717) is 17.7 Å². The first kappa shape index (κ1) is 18.3. The molecule has 4 rings (SSSR count). The van der Waals surface area contributed by atoms with E-state index < -0.39 is 0 Å². The summed E-state index contributed by atoms with van der Waals surface area (Å²) < 4.78 is 0. The van der Waals surface area contributed by atoms with Gasteiger partial charge in [-0.3, -0.25) is 4.90 Å². The van der Waals surface area contributed by atoms with Gasteiger partial charge in [-0.1, -0.05) is 61.0 Å². The lowest BCUT2D eigenvalue weighted by Crippen LogP contribution is -2.58. The number of piperidine rings is 1. The van der Waals surface area contributed by atoms with Crippen LogP contribution in [-0.2, 0) is 11.8 Å². The van der Waals surface area contributed by atoms with Gasteiger partial charge in [-0.2, -0.15) is 0 Å². The minimum absolute atomic E-state index is 0.178. The van der Waals surface area contributed by atoms with Crippen LogP contribution in [0.3, 0.4) is 0 Å². The standard InChI is InChI=1S/C25H31NO/c1-2-8-23-24-13-7-15-25(23,21-11-6-12-22(27)19-21)16-18-26(24)17-14-20-9-4-3-5-10-20/h2-6,8-12,19,23-24,27H,7,13-18H2,1H3/b8-2+/t23-,24+,25+/m0/s1. The molecule has 2 aromatic rings. The van der Waals surface area contributed by atoms with Crippen LogP contribution in [0.5, 0.6) is 5.75 Å². The molecule has 0 amide bonds. The lowest BCUT2D eigenvalue weighted by atomic mass is 9.56. The molecule has 1 saturated carbocycles. The van der Waals surface area contributed by atoms with E-state index in [1.807, 2.05) is 12.1 Å². The van der Waals surface area contributed by atoms with Crippen LogP contribution >= 0.6 is 0 Å². The topological polar surface area (TPSA) is 23.5 Å². The zero-order valence-corrected chi connectivity index (χ0v) is 16.3. The van der Waals surface area contributed by atoms with Gasteiger partial charge in [0, 0.05) is 23.9 Å². The molecule has 1 N–H and O–H groups in total. The van der Waals surface area contributed by atoms with Crippen molar-refractivity contribution < 1.29 is 5.11 Å². The van der Waals surface area contributed by atoms with E-state index in [9.17, 15) is 5.11 Å². The van der Waals surface area contributed by atoms with E-state index in [0.717, 1.165) is 19.5 Å². The van der Waals surface area contributed by atoms with Crippen LogP contribution in [0.1, 0.15) is 43.7 Å². The Bertz CT molecular complexity index is 784. The summed E-state index contributed by atoms with van der Waals surface area (Å²) >= 11 is 0. The molecule has 1 aliphatic heterocycles. The molecule has 0 radical (unpaired) electrons. The highest BCUT2D eigenvalue weighted by Gasteiger charge is 2.50. The molecule has 1 heterocycles. The van der Waals surface area contributed by atoms with Crippen LogP contribution in [0.25, 0.3) is 0 Å². The second-order valence-electron chi connectivity index (χ2n) is 8.24. The van der Waals surface area contributed by atoms with E-state index in [1.165, 1.54) is 36.8 Å². The molecule has 2 aliphatic rings. The molecule has 142 valence electrons. The molecule has 3 atom stereocenters. The highest BCUT2D eigenvalue weighted by atomic mass is 16.3. The Labute approximate surface area is 163 Å². The van der Waals surface area contributed by atoms with Crippen molar-refractivity contribution in [1.29, 1.82) is 0 Å². The van der Waals surface area contributed by atoms with Gasteiger partial charge in [-0.15, -0.1) is 0 Å². The number of phenolic OH excluding ortho intramolecular Hbond substituents is 1. The first-order chi connectivity index (χ1) is 13.2. The SMILES string of the molecule is C/C=C/[C@H]1[C@H]2CCC[C@]1(c1cccc(O)c1)CCN2CCc1ccccc1. The number of hydrogen-bond donors (Lipinski definition) is 1. The Morgan fingerprint density at radius 1 is 1.11 bits per heavy atom. The van der Waals surface area contributed by atoms with Gasteiger partial charge in [0.1, 0.15) is 5.75 Å². The van der Waals surface area contributed by atoms with Gasteiger partial charge < -0.3 is 5.11 Å². The molecule has 1 aliphatic carbocycles. The summed E-state index contributed by atoms with van der Waals surface area (Å²) in [7, 11) is 0. The third-order valence-electron chi connectivity index (χ3n) is 6.84. The van der Waals surface area contributed by atoms with Gasteiger partial charge in [0.25, 0.3) is 0 Å². The molecule has 27 heavy (non-hydrogen) atoms. The van der Waals surface area contributed by atoms with Gasteiger partial charge in [0.2, 0.25) is 0 Å². The summed E-state index contributed by atoms with van der Waals surface area (Å²) in [5, 5.41) is 10.1. The van der Waals surface area contributed by atoms with Gasteiger partial charge in [-0.05, 0) is 62.4 Å². The zero-order valence-electron chi connectivity index (χ0n) is 16.3. The highest BCUT2D eigenvalue weighted by molar-refractivity contribution is 5.37. The van der Waals surface area contributed by atoms with Crippen molar-refractivity contribution in [2.45, 2.75) is 50.5 Å². The average molecular weight is 362 g/mol. The van der Waals surface area contributed by atoms with E-state index in [4.69, 9.17) is 0 Å². The normalized spacial score (nSPS) is 28.5. The minimum Gasteiger partial charge on any atom is -0.508 e. The van der Waals surface area contributed by atoms with Crippen molar-refractivity contribution in [1.82, 2.24) is 4.90 Å². The number of fused-ring (bicyclic) bond motifs is 2. The van der Waals surface area contributed by atoms with Crippen molar-refractivity contribution in [2.75, 3.05) is 13.1 Å². The second kappa shape index (κ2) is 7.90. The fourth-order valence-corrected chi connectivity index (χ4v) is 5.56. The highest BCUT2D eigenvalue weighted by Crippen LogP contribution is 2.52. The van der Waals surface area contributed by atoms with E-state index in [2.05, 4.69) is 60.4 Å². The Kier molecular flexibility index (Phi) is 5.36. The maximum absolute atomic E-state index is 10.1. The summed E-state index contributed by atoms with van der Waals surface area (Å²) in [5.74, 6) is 0.928. The smallest absolute Gasteiger partial charge is 0.115 e. The first-order valence-electron chi connectivity index (χ1n) is 10.4. The molecule has 0 aromatic heterocycles. The van der Waals surface area contributed by atoms with Gasteiger partial charge in [-0.25, -0.2) is 0 Å². The molecular formula is C25H31NO. The first-order valence-corrected chi connectivity index (χ1v) is 10.4. The van der Waals surface area contributed by atoms with E-state index in [1.54, 1.807) is 6.07 Å². The minimum atomic E-state index is 0.178. The van der Waals surface area contributed by atoms with Crippen molar-refractivity contribution in [3.05, 3.63) is 77.9 Å². The van der Waals surface area contributed by atoms with E-state index >= 15 is 0 Å². The predicted octanol–water partition coefficient (Wildman–Crippen LogP) is 5.32. The molecular weight excluding hydrogens is 330 g/mol. The van der Waals surface area contributed by atoms with Crippen LogP contribution in [0.2, 0.25) is 0 Å². The average Bonchev–Trinajstić information content (AvgIpc) is 2.69. The van der Waals surface area contributed by atoms with Crippen LogP contribution in [0, 0.1) is 5.92 Å². The molecule has 0 spiro atoms. The van der Waals surface area contributed by atoms with Crippen LogP contribution < -0.4 is 0 Å². The van der Waals surface area contributed by atoms with Crippen molar-refractivity contribution in [2.24, 2.45) is 5.92 Å². The van der Waals surface area contributed by atoms with Gasteiger partial charge in [0.05, 0.1) is 0 Å². The molecule has 0 unspecified atom stereocenters. The lowest BCUT2D eigenvalue weighted by molar-refractivity contribution is 0.0113. The monoisotopic (exact) mass is 361 g/mol. The summed E-state index contributed by atoms with van der Waals surface area (Å²) in [5.41, 5.74) is 2.94. The van der Waals surface area contributed by atoms with Crippen molar-refractivity contribution >= 4 is 0 Å². The van der Waals surface area contributed by atoms with Crippen molar-refractivity contribution in [3.8, 4) is 5.75 Å². The third kappa shape index (κ3) is 3.55. The number of phenols is 1. The Balaban J connectivity index is 1.59. The molecule has 2 aromatic carbocycles. The molecule has 2 heteroatoms. The second-order valence-corrected chi connectivity index (χ2v) is 8.24. The number of aromatic hydroxyl groups is 1. The quantitative estimate of drug-likeness (QED) is 0.728.